The van der Waals surface area contributed by atoms with Gasteiger partial charge in [-0.2, -0.15) is 167 Å². The van der Waals surface area contributed by atoms with Gasteiger partial charge in [0.15, 0.2) is 0 Å². The van der Waals surface area contributed by atoms with Crippen molar-refractivity contribution in [2.45, 2.75) is 213 Å². The molecule has 89 heavy (non-hydrogen) atoms. The van der Waals surface area contributed by atoms with Gasteiger partial charge >= 0.3 is 159 Å². The van der Waals surface area contributed by atoms with E-state index in [4.69, 9.17) is 32.9 Å². The largest absolute Gasteiger partial charge is 0.460 e. The molecule has 6 saturated heterocycles. The average molecular weight is 1540 g/mol. The Hall–Kier alpha value is -1.24. The Kier molecular flexibility index (Phi) is 20.7. The van der Waals surface area contributed by atoms with Gasteiger partial charge in [-0.25, -0.2) is 0 Å². The van der Waals surface area contributed by atoms with Crippen LogP contribution in [0.1, 0.15) is 51.4 Å². The van der Waals surface area contributed by atoms with Crippen LogP contribution in [-0.2, 0) is 32.9 Å². The van der Waals surface area contributed by atoms with Crippen molar-refractivity contribution in [1.29, 1.82) is 0 Å². The standard InChI is InChI=1S/C35H40F38O8Si8/c36-21(37,29(59,60)30(61,62)31(63,64)32(65,66)33(67,68)34(69,70)35(71,72)73)1-9-82-17-83(10-2-22(38,39)40)76-86(13-5-25(47,48)49)18-84(74-82,11-3-23(41,42)43)78-87(14-6-26(50,51)52)19-85(75-82,12-4-24(44,45)46)79-88(77-83,15-7-27(53,54)55)20-89(80-86,81-87)16-8-28(56,57)58/h1-20H2. The summed E-state index contributed by atoms with van der Waals surface area (Å²) in [7, 11) is -53.4. The van der Waals surface area contributed by atoms with Gasteiger partial charge < -0.3 is 32.9 Å². The molecule has 8 unspecified atom stereocenters. The van der Waals surface area contributed by atoms with Crippen molar-refractivity contribution in [2.24, 2.45) is 0 Å². The lowest BCUT2D eigenvalue weighted by atomic mass is 9.88. The highest BCUT2D eigenvalue weighted by Gasteiger charge is 2.95. The molecule has 6 rings (SSSR count). The normalized spacial score (nSPS) is 32.0. The van der Waals surface area contributed by atoms with Crippen molar-refractivity contribution < 1.29 is 200 Å². The van der Waals surface area contributed by atoms with E-state index >= 15 is 26.3 Å². The molecule has 8 bridgehead atoms. The first-order chi connectivity index (χ1) is 38.9. The maximum atomic E-state index is 16.3. The molecule has 0 N–H and O–H groups in total. The van der Waals surface area contributed by atoms with Crippen LogP contribution in [-0.4, -0.2) is 159 Å². The zero-order chi connectivity index (χ0) is 69.3. The smallest absolute Gasteiger partial charge is 0.415 e. The van der Waals surface area contributed by atoms with Crippen LogP contribution < -0.4 is 0 Å². The minimum Gasteiger partial charge on any atom is -0.415 e. The summed E-state index contributed by atoms with van der Waals surface area (Å²) >= 11 is 0. The number of halogens is 38. The summed E-state index contributed by atoms with van der Waals surface area (Å²) in [6.45, 7) is 0. The van der Waals surface area contributed by atoms with E-state index in [0.29, 0.717) is 0 Å². The fraction of sp³-hybridized carbons (Fsp3) is 1.00. The minimum atomic E-state index is -9.35. The van der Waals surface area contributed by atoms with Gasteiger partial charge in [-0.05, 0) is 48.4 Å². The quantitative estimate of drug-likeness (QED) is 0.0740. The van der Waals surface area contributed by atoms with Crippen LogP contribution in [0.25, 0.3) is 0 Å². The van der Waals surface area contributed by atoms with Gasteiger partial charge in [0.2, 0.25) is 0 Å². The monoisotopic (exact) mass is 1530 g/mol. The predicted molar refractivity (Wildman–Crippen MR) is 232 cm³/mol. The molecule has 0 aliphatic carbocycles. The third-order valence-corrected chi connectivity index (χ3v) is 63.4. The van der Waals surface area contributed by atoms with E-state index in [0.717, 1.165) is 0 Å². The Morgan fingerprint density at radius 2 is 0.315 bits per heavy atom. The van der Waals surface area contributed by atoms with Crippen molar-refractivity contribution in [2.75, 3.05) is 0 Å². The van der Waals surface area contributed by atoms with Crippen LogP contribution in [0.5, 0.6) is 0 Å². The molecule has 6 aliphatic heterocycles. The molecule has 0 spiro atoms. The highest BCUT2D eigenvalue weighted by molar-refractivity contribution is 7.13. The van der Waals surface area contributed by atoms with Gasteiger partial charge in [-0.15, -0.1) is 0 Å². The molecule has 0 saturated carbocycles. The third kappa shape index (κ3) is 17.3. The molecule has 6 heterocycles. The van der Waals surface area contributed by atoms with Crippen molar-refractivity contribution in [3.8, 4) is 0 Å². The molecule has 526 valence electrons. The second-order valence-electron chi connectivity index (χ2n) is 21.8. The molecule has 54 heteroatoms. The first-order valence-corrected chi connectivity index (χ1v) is 42.5. The maximum absolute atomic E-state index is 16.3. The molecule has 0 aromatic rings. The third-order valence-electron chi connectivity index (χ3n) is 14.3. The number of hydrogen-bond donors (Lipinski definition) is 0. The van der Waals surface area contributed by atoms with E-state index in [1.807, 2.05) is 0 Å². The van der Waals surface area contributed by atoms with Crippen LogP contribution in [0, 0.1) is 0 Å². The van der Waals surface area contributed by atoms with E-state index < -0.39 is 282 Å². The summed E-state index contributed by atoms with van der Waals surface area (Å²) in [5.41, 5.74) is -9.17. The number of hydrogen-bond acceptors (Lipinski definition) is 8. The molecule has 0 radical (unpaired) electrons. The SMILES string of the molecule is FC(F)(F)CC[Si]12C[Si]3(CCC(F)(F)F)O[Si]4(CCC(F)(F)F)C[Si]5(CCC(F)(F)F)O[Si](CCC(F)(F)F)(C[Si](CCC(F)(F)F)(O1)O4)O[Si](CCC(F)(F)F)(C[Si](CCC(F)(F)C(F)(F)C(F)(F)C(F)(F)C(F)(F)C(F)(F)C(F)(F)C(F)(F)F)(O3)O5)O2. The molecular formula is C35H40F38O8Si8. The van der Waals surface area contributed by atoms with Crippen molar-refractivity contribution in [3.05, 3.63) is 0 Å². The van der Waals surface area contributed by atoms with Gasteiger partial charge in [0.05, 0.1) is 0 Å². The van der Waals surface area contributed by atoms with Crippen LogP contribution >= 0.6 is 0 Å². The molecule has 8 nitrogen and oxygen atoms in total. The predicted octanol–water partition coefficient (Wildman–Crippen LogP) is 17.9. The summed E-state index contributed by atoms with van der Waals surface area (Å²) in [6.07, 6.45) is -71.2. The Morgan fingerprint density at radius 1 is 0.180 bits per heavy atom. The molecule has 6 aliphatic rings. The highest BCUT2D eigenvalue weighted by Crippen LogP contribution is 2.66. The molecule has 0 aromatic heterocycles. The fourth-order valence-corrected chi connectivity index (χ4v) is 82.4. The molecule has 0 amide bonds. The summed E-state index contributed by atoms with van der Waals surface area (Å²) in [5, 5.41) is 0. The van der Waals surface area contributed by atoms with Crippen molar-refractivity contribution in [3.63, 3.8) is 0 Å². The van der Waals surface area contributed by atoms with Crippen LogP contribution in [0.2, 0.25) is 71.0 Å². The lowest BCUT2D eigenvalue weighted by Gasteiger charge is -2.66. The topological polar surface area (TPSA) is 73.8 Å². The van der Waals surface area contributed by atoms with Gasteiger partial charge in [0, 0.05) is 74.0 Å². The highest BCUT2D eigenvalue weighted by atomic mass is 28.6. The van der Waals surface area contributed by atoms with Gasteiger partial charge in [-0.3, -0.25) is 0 Å². The lowest BCUT2D eigenvalue weighted by Crippen LogP contribution is -2.85. The number of rotatable bonds is 23. The first-order valence-electron chi connectivity index (χ1n) is 24.7. The van der Waals surface area contributed by atoms with Gasteiger partial charge in [-0.1, -0.05) is 0 Å². The van der Waals surface area contributed by atoms with Crippen LogP contribution in [0.4, 0.5) is 167 Å². The van der Waals surface area contributed by atoms with Gasteiger partial charge in [0.25, 0.3) is 0 Å². The van der Waals surface area contributed by atoms with Crippen LogP contribution in [0.3, 0.4) is 0 Å². The molecular weight excluding hydrogens is 1490 g/mol. The molecule has 8 atom stereocenters. The summed E-state index contributed by atoms with van der Waals surface area (Å²) in [5.74, 6) is -62.1. The Bertz CT molecular complexity index is 2290. The molecule has 0 aromatic carbocycles. The first kappa shape index (κ1) is 78.5. The van der Waals surface area contributed by atoms with Crippen LogP contribution in [0.15, 0.2) is 0 Å². The molecule has 6 fully saturated rings. The van der Waals surface area contributed by atoms with Crippen molar-refractivity contribution in [1.82, 2.24) is 0 Å². The lowest BCUT2D eigenvalue weighted by molar-refractivity contribution is -0.461. The summed E-state index contributed by atoms with van der Waals surface area (Å²) in [4.78, 5) is 0. The zero-order valence-corrected chi connectivity index (χ0v) is 51.3. The van der Waals surface area contributed by atoms with E-state index in [1.165, 1.54) is 0 Å². The van der Waals surface area contributed by atoms with E-state index in [2.05, 4.69) is 0 Å². The Labute approximate surface area is 480 Å². The van der Waals surface area contributed by atoms with Gasteiger partial charge in [0.1, 0.15) is 0 Å². The Balaban J connectivity index is 2.01. The number of alkyl halides is 38. The second-order valence-corrected chi connectivity index (χ2v) is 52.5. The van der Waals surface area contributed by atoms with Crippen molar-refractivity contribution >= 4 is 68.5 Å². The van der Waals surface area contributed by atoms with E-state index in [1.54, 1.807) is 0 Å². The summed E-state index contributed by atoms with van der Waals surface area (Å²) in [6, 6.07) is -18.5. The fourth-order valence-electron chi connectivity index (χ4n) is 10.6. The maximum Gasteiger partial charge on any atom is 0.460 e. The second kappa shape index (κ2) is 23.5. The Morgan fingerprint density at radius 3 is 0.461 bits per heavy atom. The van der Waals surface area contributed by atoms with E-state index in [-0.39, 0.29) is 0 Å². The average Bonchev–Trinajstić information content (AvgIpc) is 0.696. The van der Waals surface area contributed by atoms with E-state index in [9.17, 15) is 140 Å². The summed E-state index contributed by atoms with van der Waals surface area (Å²) < 4.78 is 601. The zero-order valence-electron chi connectivity index (χ0n) is 43.3. The minimum absolute atomic E-state index is 2.05.